The molecule has 3 rings (SSSR count). The number of aliphatic hydroxyl groups excluding tert-OH is 1. The van der Waals surface area contributed by atoms with E-state index in [1.54, 1.807) is 42.1 Å². The zero-order valence-corrected chi connectivity index (χ0v) is 16.9. The van der Waals surface area contributed by atoms with Gasteiger partial charge in [0.15, 0.2) is 0 Å². The van der Waals surface area contributed by atoms with E-state index in [9.17, 15) is 13.5 Å². The van der Waals surface area contributed by atoms with Gasteiger partial charge >= 0.3 is 0 Å². The zero-order chi connectivity index (χ0) is 19.8. The topological polar surface area (TPSA) is 84.2 Å². The van der Waals surface area contributed by atoms with E-state index in [0.29, 0.717) is 22.5 Å². The second-order valence-corrected chi connectivity index (χ2v) is 8.81. The largest absolute Gasteiger partial charge is 0.391 e. The van der Waals surface area contributed by atoms with E-state index < -0.39 is 21.7 Å². The van der Waals surface area contributed by atoms with Gasteiger partial charge in [-0.05, 0) is 43.2 Å². The normalized spacial score (nSPS) is 15.4. The van der Waals surface area contributed by atoms with E-state index in [2.05, 4.69) is 9.82 Å². The predicted octanol–water partition coefficient (Wildman–Crippen LogP) is 3.60. The van der Waals surface area contributed by atoms with Crippen LogP contribution in [0.2, 0.25) is 5.02 Å². The van der Waals surface area contributed by atoms with Crippen LogP contribution in [-0.4, -0.2) is 35.7 Å². The third kappa shape index (κ3) is 3.54. The molecule has 2 N–H and O–H groups in total. The van der Waals surface area contributed by atoms with E-state index in [1.165, 1.54) is 0 Å². The fraction of sp³-hybridized carbons (Fsp3) is 0.316. The molecule has 0 fully saturated rings. The first-order valence-corrected chi connectivity index (χ1v) is 10.8. The van der Waals surface area contributed by atoms with Gasteiger partial charge in [0.2, 0.25) is 10.0 Å². The number of nitrogens with zero attached hydrogens (tertiary/aromatic N) is 2. The summed E-state index contributed by atoms with van der Waals surface area (Å²) in [5, 5.41) is 16.6. The third-order valence-electron chi connectivity index (χ3n) is 4.86. The summed E-state index contributed by atoms with van der Waals surface area (Å²) in [6.07, 6.45) is 2.55. The van der Waals surface area contributed by atoms with Crippen LogP contribution in [-0.2, 0) is 15.6 Å². The first-order chi connectivity index (χ1) is 12.7. The van der Waals surface area contributed by atoms with E-state index in [4.69, 9.17) is 11.6 Å². The number of benzene rings is 2. The Morgan fingerprint density at radius 2 is 1.93 bits per heavy atom. The summed E-state index contributed by atoms with van der Waals surface area (Å²) in [5.74, 6) is 0. The summed E-state index contributed by atoms with van der Waals surface area (Å²) in [6, 6.07) is 12.6. The molecule has 0 amide bonds. The summed E-state index contributed by atoms with van der Waals surface area (Å²) in [4.78, 5) is 0. The Labute approximate surface area is 163 Å². The molecule has 1 aromatic heterocycles. The third-order valence-corrected chi connectivity index (χ3v) is 5.70. The van der Waals surface area contributed by atoms with Crippen molar-refractivity contribution < 1.29 is 13.5 Å². The predicted molar refractivity (Wildman–Crippen MR) is 109 cm³/mol. The Hall–Kier alpha value is -2.09. The maximum absolute atomic E-state index is 11.7. The van der Waals surface area contributed by atoms with Gasteiger partial charge in [-0.2, -0.15) is 5.10 Å². The lowest BCUT2D eigenvalue weighted by Crippen LogP contribution is -2.44. The average molecular weight is 408 g/mol. The molecular weight excluding hydrogens is 386 g/mol. The molecule has 0 aliphatic heterocycles. The smallest absolute Gasteiger partial charge is 0.229 e. The molecule has 0 aliphatic rings. The Kier molecular flexibility index (Phi) is 5.20. The minimum Gasteiger partial charge on any atom is -0.391 e. The summed E-state index contributed by atoms with van der Waals surface area (Å²) < 4.78 is 27.6. The fourth-order valence-electron chi connectivity index (χ4n) is 3.59. The molecule has 1 heterocycles. The maximum Gasteiger partial charge on any atom is 0.229 e. The van der Waals surface area contributed by atoms with Crippen LogP contribution in [0.25, 0.3) is 10.9 Å². The van der Waals surface area contributed by atoms with E-state index in [1.807, 2.05) is 25.1 Å². The maximum atomic E-state index is 11.7. The lowest BCUT2D eigenvalue weighted by atomic mass is 9.82. The van der Waals surface area contributed by atoms with Crippen LogP contribution in [0.3, 0.4) is 0 Å². The number of anilines is 1. The average Bonchev–Trinajstić information content (AvgIpc) is 3.02. The van der Waals surface area contributed by atoms with Crippen molar-refractivity contribution in [2.24, 2.45) is 0 Å². The van der Waals surface area contributed by atoms with E-state index in [0.717, 1.165) is 17.3 Å². The highest BCUT2D eigenvalue weighted by molar-refractivity contribution is 7.92. The molecule has 27 heavy (non-hydrogen) atoms. The highest BCUT2D eigenvalue weighted by Gasteiger charge is 2.39. The number of halogens is 1. The SMILES string of the molecule is CCC(c1ccc(Cl)cc1)(C(C)O)n1ncc2c(NS(C)(=O)=O)cccc21. The number of hydrogen-bond donors (Lipinski definition) is 2. The van der Waals surface area contributed by atoms with E-state index in [-0.39, 0.29) is 0 Å². The van der Waals surface area contributed by atoms with Crippen LogP contribution in [0.4, 0.5) is 5.69 Å². The van der Waals surface area contributed by atoms with Gasteiger partial charge in [0.05, 0.1) is 29.8 Å². The lowest BCUT2D eigenvalue weighted by molar-refractivity contribution is 0.0669. The molecule has 0 radical (unpaired) electrons. The zero-order valence-electron chi connectivity index (χ0n) is 15.3. The van der Waals surface area contributed by atoms with Gasteiger partial charge in [-0.15, -0.1) is 0 Å². The molecule has 2 unspecified atom stereocenters. The highest BCUT2D eigenvalue weighted by atomic mass is 35.5. The van der Waals surface area contributed by atoms with Crippen LogP contribution in [0, 0.1) is 0 Å². The second-order valence-electron chi connectivity index (χ2n) is 6.63. The van der Waals surface area contributed by atoms with Crippen molar-refractivity contribution in [2.45, 2.75) is 31.9 Å². The second kappa shape index (κ2) is 7.14. The molecule has 0 saturated carbocycles. The Morgan fingerprint density at radius 3 is 2.48 bits per heavy atom. The van der Waals surface area contributed by atoms with Crippen LogP contribution in [0.15, 0.2) is 48.7 Å². The van der Waals surface area contributed by atoms with Crippen molar-refractivity contribution in [1.29, 1.82) is 0 Å². The molecule has 0 bridgehead atoms. The lowest BCUT2D eigenvalue weighted by Gasteiger charge is -2.37. The Bertz CT molecular complexity index is 1060. The van der Waals surface area contributed by atoms with Crippen molar-refractivity contribution in [2.75, 3.05) is 11.0 Å². The summed E-state index contributed by atoms with van der Waals surface area (Å²) in [6.45, 7) is 3.71. The summed E-state index contributed by atoms with van der Waals surface area (Å²) in [5.41, 5.74) is 1.22. The van der Waals surface area contributed by atoms with Gasteiger partial charge in [0.25, 0.3) is 0 Å². The molecule has 8 heteroatoms. The molecule has 2 aromatic carbocycles. The van der Waals surface area contributed by atoms with Gasteiger partial charge in [-0.25, -0.2) is 8.42 Å². The molecule has 0 spiro atoms. The minimum absolute atomic E-state index is 0.452. The van der Waals surface area contributed by atoms with Crippen LogP contribution < -0.4 is 4.72 Å². The highest BCUT2D eigenvalue weighted by Crippen LogP contribution is 2.37. The van der Waals surface area contributed by atoms with Crippen LogP contribution in [0.1, 0.15) is 25.8 Å². The quantitative estimate of drug-likeness (QED) is 0.653. The molecule has 0 saturated heterocycles. The molecule has 6 nitrogen and oxygen atoms in total. The number of aromatic nitrogens is 2. The molecule has 0 aliphatic carbocycles. The van der Waals surface area contributed by atoms with Crippen molar-refractivity contribution in [1.82, 2.24) is 9.78 Å². The fourth-order valence-corrected chi connectivity index (χ4v) is 4.29. The summed E-state index contributed by atoms with van der Waals surface area (Å²) >= 11 is 6.04. The van der Waals surface area contributed by atoms with Crippen molar-refractivity contribution in [3.8, 4) is 0 Å². The molecule has 2 atom stereocenters. The first kappa shape index (κ1) is 19.7. The summed E-state index contributed by atoms with van der Waals surface area (Å²) in [7, 11) is -3.42. The van der Waals surface area contributed by atoms with E-state index >= 15 is 0 Å². The first-order valence-electron chi connectivity index (χ1n) is 8.58. The number of rotatable bonds is 6. The number of aliphatic hydroxyl groups is 1. The number of sulfonamides is 1. The van der Waals surface area contributed by atoms with Gasteiger partial charge in [-0.3, -0.25) is 9.40 Å². The molecule has 3 aromatic rings. The number of fused-ring (bicyclic) bond motifs is 1. The molecule has 144 valence electrons. The number of nitrogens with one attached hydrogen (secondary N) is 1. The van der Waals surface area contributed by atoms with Crippen molar-refractivity contribution in [3.63, 3.8) is 0 Å². The van der Waals surface area contributed by atoms with Gasteiger partial charge in [0.1, 0.15) is 5.54 Å². The Morgan fingerprint density at radius 1 is 1.26 bits per heavy atom. The monoisotopic (exact) mass is 407 g/mol. The van der Waals surface area contributed by atoms with Gasteiger partial charge < -0.3 is 5.11 Å². The number of hydrogen-bond acceptors (Lipinski definition) is 4. The van der Waals surface area contributed by atoms with Crippen LogP contribution >= 0.6 is 11.6 Å². The van der Waals surface area contributed by atoms with Crippen molar-refractivity contribution in [3.05, 3.63) is 59.2 Å². The van der Waals surface area contributed by atoms with Crippen LogP contribution in [0.5, 0.6) is 0 Å². The van der Waals surface area contributed by atoms with Gasteiger partial charge in [0, 0.05) is 10.4 Å². The molecular formula is C19H22ClN3O3S. The Balaban J connectivity index is 2.26. The van der Waals surface area contributed by atoms with Crippen molar-refractivity contribution >= 4 is 38.2 Å². The van der Waals surface area contributed by atoms with Gasteiger partial charge in [-0.1, -0.05) is 36.7 Å². The minimum atomic E-state index is -3.42. The standard InChI is InChI=1S/C19H22ClN3O3S/c1-4-19(13(2)24,14-8-10-15(20)11-9-14)23-18-7-5-6-17(16(18)12-21-23)22-27(3,25)26/h5-13,22,24H,4H2,1-3H3.